The first-order chi connectivity index (χ1) is 11.6. The molecule has 0 amide bonds. The van der Waals surface area contributed by atoms with Crippen molar-refractivity contribution in [3.8, 4) is 0 Å². The largest absolute Gasteiger partial charge is 0.465 e. The molecule has 0 saturated heterocycles. The van der Waals surface area contributed by atoms with Gasteiger partial charge in [0.25, 0.3) is 0 Å². The number of ether oxygens (including phenoxy) is 2. The van der Waals surface area contributed by atoms with Crippen molar-refractivity contribution in [1.82, 2.24) is 0 Å². The van der Waals surface area contributed by atoms with E-state index in [-0.39, 0.29) is 11.6 Å². The Morgan fingerprint density at radius 1 is 1.08 bits per heavy atom. The van der Waals surface area contributed by atoms with E-state index < -0.39 is 11.9 Å². The number of nitrogens with zero attached hydrogens (tertiary/aromatic N) is 1. The maximum atomic E-state index is 12.0. The van der Waals surface area contributed by atoms with Crippen molar-refractivity contribution in [3.05, 3.63) is 76.5 Å². The summed E-state index contributed by atoms with van der Waals surface area (Å²) in [7, 11) is 1.33. The van der Waals surface area contributed by atoms with Crippen LogP contribution in [0.15, 0.2) is 59.2 Å². The van der Waals surface area contributed by atoms with Gasteiger partial charge in [0.1, 0.15) is 0 Å². The van der Waals surface area contributed by atoms with Gasteiger partial charge in [-0.05, 0) is 42.8 Å². The molecule has 0 fully saturated rings. The van der Waals surface area contributed by atoms with E-state index in [1.165, 1.54) is 7.11 Å². The summed E-state index contributed by atoms with van der Waals surface area (Å²) >= 11 is 0. The zero-order chi connectivity index (χ0) is 17.1. The van der Waals surface area contributed by atoms with Gasteiger partial charge in [0, 0.05) is 5.56 Å². The van der Waals surface area contributed by atoms with Crippen molar-refractivity contribution in [1.29, 1.82) is 0 Å². The standard InChI is InChI=1S/C19H15NO4/c1-12-3-7-14(8-4-12)17-20-16(19(22)24-17)11-13-5-9-15(10-6-13)18(21)23-2/h3-11H,1-2H3/b16-11-. The highest BCUT2D eigenvalue weighted by atomic mass is 16.6. The Bertz CT molecular complexity index is 846. The van der Waals surface area contributed by atoms with Gasteiger partial charge in [-0.1, -0.05) is 29.8 Å². The lowest BCUT2D eigenvalue weighted by atomic mass is 10.1. The van der Waals surface area contributed by atoms with Crippen molar-refractivity contribution in [3.63, 3.8) is 0 Å². The smallest absolute Gasteiger partial charge is 0.363 e. The SMILES string of the molecule is COC(=O)c1ccc(/C=C2\N=C(c3ccc(C)cc3)OC2=O)cc1. The number of benzene rings is 2. The van der Waals surface area contributed by atoms with E-state index in [0.717, 1.165) is 16.7 Å². The number of carbonyl (C=O) groups is 2. The maximum absolute atomic E-state index is 12.0. The zero-order valence-electron chi connectivity index (χ0n) is 13.3. The fourth-order valence-corrected chi connectivity index (χ4v) is 2.22. The fourth-order valence-electron chi connectivity index (χ4n) is 2.22. The molecule has 0 aromatic heterocycles. The average molecular weight is 321 g/mol. The van der Waals surface area contributed by atoms with Crippen LogP contribution in [0.25, 0.3) is 6.08 Å². The molecular formula is C19H15NO4. The predicted octanol–water partition coefficient (Wildman–Crippen LogP) is 3.13. The number of carbonyl (C=O) groups excluding carboxylic acids is 2. The van der Waals surface area contributed by atoms with E-state index in [4.69, 9.17) is 4.74 Å². The van der Waals surface area contributed by atoms with Crippen molar-refractivity contribution in [2.75, 3.05) is 7.11 Å². The topological polar surface area (TPSA) is 65.0 Å². The molecule has 0 N–H and O–H groups in total. The molecule has 0 spiro atoms. The van der Waals surface area contributed by atoms with Gasteiger partial charge in [-0.3, -0.25) is 0 Å². The molecule has 0 bridgehead atoms. The molecule has 1 aliphatic heterocycles. The third-order valence-corrected chi connectivity index (χ3v) is 3.55. The maximum Gasteiger partial charge on any atom is 0.363 e. The van der Waals surface area contributed by atoms with Gasteiger partial charge in [-0.25, -0.2) is 14.6 Å². The summed E-state index contributed by atoms with van der Waals surface area (Å²) in [5.74, 6) is -0.616. The fraction of sp³-hybridized carbons (Fsp3) is 0.105. The zero-order valence-corrected chi connectivity index (χ0v) is 13.3. The molecule has 3 rings (SSSR count). The number of aryl methyl sites for hydroxylation is 1. The van der Waals surface area contributed by atoms with Gasteiger partial charge in [0.05, 0.1) is 12.7 Å². The van der Waals surface area contributed by atoms with Gasteiger partial charge in [-0.2, -0.15) is 0 Å². The summed E-state index contributed by atoms with van der Waals surface area (Å²) in [5.41, 5.74) is 3.26. The Morgan fingerprint density at radius 3 is 2.38 bits per heavy atom. The third-order valence-electron chi connectivity index (χ3n) is 3.55. The van der Waals surface area contributed by atoms with Crippen LogP contribution >= 0.6 is 0 Å². The van der Waals surface area contributed by atoms with E-state index in [1.807, 2.05) is 31.2 Å². The molecule has 0 unspecified atom stereocenters. The Kier molecular flexibility index (Phi) is 4.24. The summed E-state index contributed by atoms with van der Waals surface area (Å²) < 4.78 is 9.87. The first-order valence-corrected chi connectivity index (χ1v) is 7.35. The molecule has 5 nitrogen and oxygen atoms in total. The molecule has 120 valence electrons. The molecule has 2 aromatic carbocycles. The molecule has 0 radical (unpaired) electrons. The first kappa shape index (κ1) is 15.7. The highest BCUT2D eigenvalue weighted by Gasteiger charge is 2.24. The molecule has 5 heteroatoms. The van der Waals surface area contributed by atoms with Crippen LogP contribution in [0.1, 0.15) is 27.0 Å². The summed E-state index contributed by atoms with van der Waals surface area (Å²) in [5, 5.41) is 0. The Balaban J connectivity index is 1.85. The summed E-state index contributed by atoms with van der Waals surface area (Å²) in [6, 6.07) is 14.3. The number of hydrogen-bond acceptors (Lipinski definition) is 5. The molecule has 1 aliphatic rings. The van der Waals surface area contributed by atoms with Crippen LogP contribution < -0.4 is 0 Å². The van der Waals surface area contributed by atoms with Gasteiger partial charge in [-0.15, -0.1) is 0 Å². The second kappa shape index (κ2) is 6.50. The van der Waals surface area contributed by atoms with Crippen molar-refractivity contribution in [2.24, 2.45) is 4.99 Å². The normalized spacial score (nSPS) is 15.2. The number of hydrogen-bond donors (Lipinski definition) is 0. The lowest BCUT2D eigenvalue weighted by molar-refractivity contribution is -0.129. The Hall–Kier alpha value is -3.21. The monoisotopic (exact) mass is 321 g/mol. The highest BCUT2D eigenvalue weighted by Crippen LogP contribution is 2.19. The number of aliphatic imine (C=N–C) groups is 1. The van der Waals surface area contributed by atoms with Gasteiger partial charge < -0.3 is 9.47 Å². The molecular weight excluding hydrogens is 306 g/mol. The van der Waals surface area contributed by atoms with Crippen molar-refractivity contribution >= 4 is 23.9 Å². The molecule has 0 atom stereocenters. The Labute approximate surface area is 139 Å². The second-order valence-electron chi connectivity index (χ2n) is 5.32. The van der Waals surface area contributed by atoms with Crippen LogP contribution in [0.5, 0.6) is 0 Å². The Morgan fingerprint density at radius 2 is 1.75 bits per heavy atom. The number of esters is 2. The minimum absolute atomic E-state index is 0.219. The van der Waals surface area contributed by atoms with Crippen LogP contribution in [0, 0.1) is 6.92 Å². The molecule has 0 aliphatic carbocycles. The second-order valence-corrected chi connectivity index (χ2v) is 5.32. The van der Waals surface area contributed by atoms with E-state index >= 15 is 0 Å². The van der Waals surface area contributed by atoms with E-state index in [2.05, 4.69) is 9.73 Å². The van der Waals surface area contributed by atoms with E-state index in [1.54, 1.807) is 30.3 Å². The molecule has 24 heavy (non-hydrogen) atoms. The first-order valence-electron chi connectivity index (χ1n) is 7.35. The van der Waals surface area contributed by atoms with Crippen LogP contribution in [0.3, 0.4) is 0 Å². The summed E-state index contributed by atoms with van der Waals surface area (Å²) in [6.45, 7) is 1.98. The lowest BCUT2D eigenvalue weighted by Crippen LogP contribution is -2.05. The lowest BCUT2D eigenvalue weighted by Gasteiger charge is -1.99. The third kappa shape index (κ3) is 3.25. The summed E-state index contributed by atoms with van der Waals surface area (Å²) in [6.07, 6.45) is 1.62. The number of methoxy groups -OCH3 is 1. The van der Waals surface area contributed by atoms with Crippen LogP contribution in [-0.2, 0) is 14.3 Å². The molecule has 0 saturated carbocycles. The average Bonchev–Trinajstić information content (AvgIpc) is 2.96. The summed E-state index contributed by atoms with van der Waals surface area (Å²) in [4.78, 5) is 27.6. The minimum Gasteiger partial charge on any atom is -0.465 e. The van der Waals surface area contributed by atoms with Gasteiger partial charge in [0.15, 0.2) is 5.70 Å². The van der Waals surface area contributed by atoms with Crippen LogP contribution in [0.4, 0.5) is 0 Å². The van der Waals surface area contributed by atoms with Crippen LogP contribution in [-0.4, -0.2) is 24.9 Å². The molecule has 1 heterocycles. The van der Waals surface area contributed by atoms with E-state index in [9.17, 15) is 9.59 Å². The van der Waals surface area contributed by atoms with Gasteiger partial charge >= 0.3 is 11.9 Å². The number of cyclic esters (lactones) is 1. The van der Waals surface area contributed by atoms with Gasteiger partial charge in [0.2, 0.25) is 5.90 Å². The highest BCUT2D eigenvalue weighted by molar-refractivity contribution is 6.12. The van der Waals surface area contributed by atoms with Crippen molar-refractivity contribution in [2.45, 2.75) is 6.92 Å². The molecule has 2 aromatic rings. The van der Waals surface area contributed by atoms with E-state index in [0.29, 0.717) is 5.56 Å². The minimum atomic E-state index is -0.498. The van der Waals surface area contributed by atoms with Crippen molar-refractivity contribution < 1.29 is 19.1 Å². The number of rotatable bonds is 3. The predicted molar refractivity (Wildman–Crippen MR) is 89.6 cm³/mol. The van der Waals surface area contributed by atoms with Crippen LogP contribution in [0.2, 0.25) is 0 Å². The quantitative estimate of drug-likeness (QED) is 0.643.